The molecule has 1 atom stereocenters. The fourth-order valence-electron chi connectivity index (χ4n) is 5.34. The lowest BCUT2D eigenvalue weighted by molar-refractivity contribution is 0.234. The summed E-state index contributed by atoms with van der Waals surface area (Å²) in [6.45, 7) is 7.91. The van der Waals surface area contributed by atoms with E-state index in [1.807, 2.05) is 0 Å². The van der Waals surface area contributed by atoms with Gasteiger partial charge in [0.1, 0.15) is 34.6 Å². The Morgan fingerprint density at radius 2 is 1.18 bits per heavy atom. The van der Waals surface area contributed by atoms with Gasteiger partial charge >= 0.3 is 0 Å². The summed E-state index contributed by atoms with van der Waals surface area (Å²) in [7, 11) is -1.98. The van der Waals surface area contributed by atoms with Crippen LogP contribution in [-0.4, -0.2) is 6.61 Å². The molecule has 0 saturated heterocycles. The average Bonchev–Trinajstić information content (AvgIpc) is 2.86. The molecule has 0 saturated carbocycles. The number of ether oxygens (including phenoxy) is 1. The number of halogens is 1. The number of hydrogen-bond acceptors (Lipinski definition) is 1. The minimum atomic E-state index is -1.98. The maximum Gasteiger partial charge on any atom is 0.123 e. The summed E-state index contributed by atoms with van der Waals surface area (Å²) in [6, 6.07) is 40.4. The summed E-state index contributed by atoms with van der Waals surface area (Å²) in [5.74, 6) is 1.05. The molecule has 0 bridgehead atoms. The van der Waals surface area contributed by atoms with E-state index in [2.05, 4.69) is 130 Å². The molecule has 0 aromatic heterocycles. The van der Waals surface area contributed by atoms with E-state index >= 15 is 0 Å². The van der Waals surface area contributed by atoms with Crippen molar-refractivity contribution in [3.05, 3.63) is 120 Å². The zero-order chi connectivity index (χ0) is 22.9. The molecule has 4 aromatic rings. The molecule has 174 valence electrons. The fourth-order valence-corrected chi connectivity index (χ4v) is 10.1. The number of hydrogen-bond donors (Lipinski definition) is 0. The first-order valence-electron chi connectivity index (χ1n) is 11.9. The number of fused-ring (bicyclic) bond motifs is 1. The minimum Gasteiger partial charge on any atom is -0.493 e. The third-order valence-corrected chi connectivity index (χ3v) is 12.1. The molecule has 0 aliphatic carbocycles. The van der Waals surface area contributed by atoms with Crippen molar-refractivity contribution in [1.29, 1.82) is 0 Å². The predicted molar refractivity (Wildman–Crippen MR) is 153 cm³/mol. The molecule has 34 heavy (non-hydrogen) atoms. The van der Waals surface area contributed by atoms with Crippen LogP contribution in [0.15, 0.2) is 109 Å². The highest BCUT2D eigenvalue weighted by Crippen LogP contribution is 2.66. The second-order valence-electron chi connectivity index (χ2n) is 9.64. The Kier molecular flexibility index (Phi) is 7.31. The molecule has 1 aliphatic rings. The van der Waals surface area contributed by atoms with Gasteiger partial charge in [-0.25, -0.2) is 0 Å². The lowest BCUT2D eigenvalue weighted by Crippen LogP contribution is -2.34. The third kappa shape index (κ3) is 4.23. The van der Waals surface area contributed by atoms with Crippen molar-refractivity contribution in [3.8, 4) is 5.75 Å². The Morgan fingerprint density at radius 3 is 1.65 bits per heavy atom. The quantitative estimate of drug-likeness (QED) is 0.244. The van der Waals surface area contributed by atoms with Gasteiger partial charge in [0.05, 0.1) is 6.61 Å². The Hall–Kier alpha value is -2.41. The SMILES string of the molecule is Br.CC(c1ccc2c(c1)C(C)(C)CCO2)[P+](c1ccccc1)(c1ccccc1)c1ccccc1. The molecule has 0 amide bonds. The standard InChI is InChI=1S/C31H32OP.BrH/c1-24(25-19-20-30-29(23-25)31(2,3)21-22-32-30)33(26-13-7-4-8-14-26,27-15-9-5-10-16-27)28-17-11-6-12-18-28;/h4-20,23-24H,21-22H2,1-3H3;1H/q+1;. The van der Waals surface area contributed by atoms with Crippen LogP contribution in [-0.2, 0) is 5.41 Å². The largest absolute Gasteiger partial charge is 0.493 e. The highest BCUT2D eigenvalue weighted by molar-refractivity contribution is 8.93. The second kappa shape index (κ2) is 10.1. The monoisotopic (exact) mass is 531 g/mol. The van der Waals surface area contributed by atoms with E-state index in [-0.39, 0.29) is 22.4 Å². The number of rotatable bonds is 5. The van der Waals surface area contributed by atoms with Crippen LogP contribution >= 0.6 is 24.2 Å². The average molecular weight is 532 g/mol. The van der Waals surface area contributed by atoms with E-state index in [0.29, 0.717) is 5.66 Å². The molecule has 0 fully saturated rings. The molecule has 1 unspecified atom stereocenters. The van der Waals surface area contributed by atoms with Gasteiger partial charge in [-0.3, -0.25) is 0 Å². The molecule has 1 nitrogen and oxygen atoms in total. The molecular formula is C31H33BrOP+. The maximum atomic E-state index is 6.04. The Bertz CT molecular complexity index is 1130. The zero-order valence-electron chi connectivity index (χ0n) is 20.1. The van der Waals surface area contributed by atoms with E-state index in [0.717, 1.165) is 18.8 Å². The van der Waals surface area contributed by atoms with Crippen LogP contribution in [0.1, 0.15) is 44.0 Å². The molecule has 1 aliphatic heterocycles. The summed E-state index contributed by atoms with van der Waals surface area (Å²) in [5.41, 5.74) is 3.16. The molecule has 0 spiro atoms. The van der Waals surface area contributed by atoms with Gasteiger partial charge in [0.25, 0.3) is 0 Å². The fraction of sp³-hybridized carbons (Fsp3) is 0.226. The predicted octanol–water partition coefficient (Wildman–Crippen LogP) is 7.38. The van der Waals surface area contributed by atoms with E-state index in [1.165, 1.54) is 27.0 Å². The Labute approximate surface area is 215 Å². The molecule has 5 rings (SSSR count). The lowest BCUT2D eigenvalue weighted by atomic mass is 9.79. The van der Waals surface area contributed by atoms with E-state index in [9.17, 15) is 0 Å². The first-order chi connectivity index (χ1) is 16.0. The normalized spacial score (nSPS) is 15.4. The third-order valence-electron chi connectivity index (χ3n) is 7.27. The van der Waals surface area contributed by atoms with E-state index in [4.69, 9.17) is 4.74 Å². The van der Waals surface area contributed by atoms with Crippen LogP contribution in [0.3, 0.4) is 0 Å². The molecule has 3 heteroatoms. The minimum absolute atomic E-state index is 0. The van der Waals surface area contributed by atoms with Gasteiger partial charge in [0, 0.05) is 5.56 Å². The van der Waals surface area contributed by atoms with Crippen molar-refractivity contribution in [2.75, 3.05) is 6.61 Å². The van der Waals surface area contributed by atoms with E-state index in [1.54, 1.807) is 0 Å². The van der Waals surface area contributed by atoms with Gasteiger partial charge in [-0.15, -0.1) is 17.0 Å². The maximum absolute atomic E-state index is 6.04. The van der Waals surface area contributed by atoms with Crippen LogP contribution < -0.4 is 20.7 Å². The van der Waals surface area contributed by atoms with Crippen molar-refractivity contribution in [2.45, 2.75) is 38.3 Å². The lowest BCUT2D eigenvalue weighted by Gasteiger charge is -2.36. The van der Waals surface area contributed by atoms with Crippen molar-refractivity contribution in [1.82, 2.24) is 0 Å². The van der Waals surface area contributed by atoms with Crippen molar-refractivity contribution in [2.24, 2.45) is 0 Å². The van der Waals surface area contributed by atoms with Gasteiger partial charge in [0.2, 0.25) is 0 Å². The van der Waals surface area contributed by atoms with Gasteiger partial charge in [-0.1, -0.05) is 74.5 Å². The van der Waals surface area contributed by atoms with Crippen molar-refractivity contribution in [3.63, 3.8) is 0 Å². The molecule has 0 radical (unpaired) electrons. The summed E-state index contributed by atoms with van der Waals surface area (Å²) in [5, 5.41) is 4.26. The second-order valence-corrected chi connectivity index (χ2v) is 13.4. The summed E-state index contributed by atoms with van der Waals surface area (Å²) < 4.78 is 6.04. The van der Waals surface area contributed by atoms with E-state index < -0.39 is 7.26 Å². The van der Waals surface area contributed by atoms with Gasteiger partial charge in [-0.2, -0.15) is 0 Å². The molecular weight excluding hydrogens is 499 g/mol. The Balaban J connectivity index is 0.00000274. The topological polar surface area (TPSA) is 9.23 Å². The van der Waals surface area contributed by atoms with Gasteiger partial charge in [0.15, 0.2) is 0 Å². The molecule has 0 N–H and O–H groups in total. The number of benzene rings is 4. The molecule has 1 heterocycles. The van der Waals surface area contributed by atoms with Gasteiger partial charge in [-0.05, 0) is 72.9 Å². The van der Waals surface area contributed by atoms with Crippen molar-refractivity contribution >= 4 is 40.2 Å². The van der Waals surface area contributed by atoms with Crippen molar-refractivity contribution < 1.29 is 4.74 Å². The molecule has 4 aromatic carbocycles. The van der Waals surface area contributed by atoms with Gasteiger partial charge < -0.3 is 4.74 Å². The first kappa shape index (κ1) is 24.7. The highest BCUT2D eigenvalue weighted by atomic mass is 79.9. The highest BCUT2D eigenvalue weighted by Gasteiger charge is 2.51. The Morgan fingerprint density at radius 1 is 0.706 bits per heavy atom. The smallest absolute Gasteiger partial charge is 0.123 e. The summed E-state index contributed by atoms with van der Waals surface area (Å²) in [6.07, 6.45) is 1.05. The summed E-state index contributed by atoms with van der Waals surface area (Å²) >= 11 is 0. The van der Waals surface area contributed by atoms with Crippen LogP contribution in [0.5, 0.6) is 5.75 Å². The van der Waals surface area contributed by atoms with Crippen LogP contribution in [0.4, 0.5) is 0 Å². The first-order valence-corrected chi connectivity index (χ1v) is 13.7. The van der Waals surface area contributed by atoms with Crippen LogP contribution in [0.25, 0.3) is 0 Å². The van der Waals surface area contributed by atoms with Crippen LogP contribution in [0, 0.1) is 0 Å². The summed E-state index contributed by atoms with van der Waals surface area (Å²) in [4.78, 5) is 0. The van der Waals surface area contributed by atoms with Crippen LogP contribution in [0.2, 0.25) is 0 Å². The zero-order valence-corrected chi connectivity index (χ0v) is 22.8.